The van der Waals surface area contributed by atoms with Crippen LogP contribution in [0, 0.1) is 11.8 Å². The summed E-state index contributed by atoms with van der Waals surface area (Å²) in [5.74, 6) is 1.87. The van der Waals surface area contributed by atoms with Crippen molar-refractivity contribution in [3.63, 3.8) is 0 Å². The highest BCUT2D eigenvalue weighted by Crippen LogP contribution is 2.31. The highest BCUT2D eigenvalue weighted by molar-refractivity contribution is 5.84. The second-order valence-electron chi connectivity index (χ2n) is 9.33. The zero-order chi connectivity index (χ0) is 21.6. The lowest BCUT2D eigenvalue weighted by Crippen LogP contribution is -2.36. The van der Waals surface area contributed by atoms with Crippen molar-refractivity contribution in [2.45, 2.75) is 71.4 Å². The van der Waals surface area contributed by atoms with Crippen molar-refractivity contribution < 1.29 is 14.3 Å². The van der Waals surface area contributed by atoms with Crippen LogP contribution < -0.4 is 4.74 Å². The summed E-state index contributed by atoms with van der Waals surface area (Å²) < 4.78 is 11.5. The van der Waals surface area contributed by atoms with Gasteiger partial charge in [-0.05, 0) is 92.6 Å². The quantitative estimate of drug-likeness (QED) is 0.515. The van der Waals surface area contributed by atoms with Gasteiger partial charge in [0.15, 0.2) is 0 Å². The van der Waals surface area contributed by atoms with Gasteiger partial charge in [0, 0.05) is 6.54 Å². The first-order valence-electron chi connectivity index (χ1n) is 12.2. The molecule has 1 saturated carbocycles. The summed E-state index contributed by atoms with van der Waals surface area (Å²) in [6.07, 6.45) is 8.45. The minimum atomic E-state index is -0.0238. The van der Waals surface area contributed by atoms with Crippen LogP contribution in [0.4, 0.5) is 0 Å². The van der Waals surface area contributed by atoms with E-state index in [0.29, 0.717) is 12.7 Å². The number of likely N-dealkylation sites (tertiary alicyclic amines) is 1. The van der Waals surface area contributed by atoms with E-state index in [2.05, 4.69) is 48.2 Å². The van der Waals surface area contributed by atoms with E-state index in [1.165, 1.54) is 48.4 Å². The van der Waals surface area contributed by atoms with Crippen LogP contribution in [0.3, 0.4) is 0 Å². The van der Waals surface area contributed by atoms with Crippen molar-refractivity contribution in [3.05, 3.63) is 42.0 Å². The number of ether oxygens (including phenoxy) is 2. The normalized spacial score (nSPS) is 23.0. The summed E-state index contributed by atoms with van der Waals surface area (Å²) in [4.78, 5) is 14.4. The molecule has 1 aliphatic carbocycles. The van der Waals surface area contributed by atoms with Crippen LogP contribution in [-0.4, -0.2) is 36.7 Å². The molecule has 1 aliphatic heterocycles. The molecule has 0 bridgehead atoms. The number of piperidine rings is 1. The Labute approximate surface area is 186 Å². The predicted molar refractivity (Wildman–Crippen MR) is 125 cm³/mol. The van der Waals surface area contributed by atoms with Gasteiger partial charge in [-0.1, -0.05) is 38.0 Å². The van der Waals surface area contributed by atoms with Gasteiger partial charge in [0.25, 0.3) is 0 Å². The molecular formula is C27H37NO3. The van der Waals surface area contributed by atoms with Crippen LogP contribution in [0.5, 0.6) is 5.75 Å². The number of benzene rings is 2. The molecule has 2 atom stereocenters. The fourth-order valence-corrected chi connectivity index (χ4v) is 5.20. The summed E-state index contributed by atoms with van der Waals surface area (Å²) in [5, 5.41) is 2.51. The van der Waals surface area contributed by atoms with Crippen molar-refractivity contribution >= 4 is 16.7 Å². The van der Waals surface area contributed by atoms with Crippen LogP contribution >= 0.6 is 0 Å². The molecule has 0 N–H and O–H groups in total. The highest BCUT2D eigenvalue weighted by atomic mass is 16.5. The van der Waals surface area contributed by atoms with Gasteiger partial charge in [0.05, 0.1) is 18.6 Å². The fourth-order valence-electron chi connectivity index (χ4n) is 5.20. The third kappa shape index (κ3) is 5.79. The summed E-state index contributed by atoms with van der Waals surface area (Å²) in [6.45, 7) is 7.48. The standard InChI is InChI=1S/C27H37NO3/c1-3-20-6-5-7-25(17-20)31-26-11-10-23-16-21(8-9-24(23)18-26)19-28-14-12-22(13-15-28)27(29)30-4-2/h8-11,16,18,20,22,25H,3-7,12-15,17,19H2,1-2H3. The Morgan fingerprint density at radius 3 is 2.55 bits per heavy atom. The Balaban J connectivity index is 1.34. The molecule has 0 amide bonds. The van der Waals surface area contributed by atoms with Gasteiger partial charge in [-0.25, -0.2) is 0 Å². The number of fused-ring (bicyclic) bond motifs is 1. The monoisotopic (exact) mass is 423 g/mol. The lowest BCUT2D eigenvalue weighted by molar-refractivity contribution is -0.149. The van der Waals surface area contributed by atoms with Crippen molar-refractivity contribution in [2.24, 2.45) is 11.8 Å². The molecule has 2 aromatic carbocycles. The van der Waals surface area contributed by atoms with Gasteiger partial charge in [-0.15, -0.1) is 0 Å². The number of esters is 1. The predicted octanol–water partition coefficient (Wildman–Crippen LogP) is 5.96. The number of rotatable bonds is 7. The van der Waals surface area contributed by atoms with E-state index in [4.69, 9.17) is 9.47 Å². The average Bonchev–Trinajstić information content (AvgIpc) is 2.80. The molecule has 1 saturated heterocycles. The van der Waals surface area contributed by atoms with Crippen molar-refractivity contribution in [1.82, 2.24) is 4.90 Å². The summed E-state index contributed by atoms with van der Waals surface area (Å²) in [5.41, 5.74) is 1.33. The van der Waals surface area contributed by atoms with E-state index in [-0.39, 0.29) is 11.9 Å². The molecule has 168 valence electrons. The molecule has 0 radical (unpaired) electrons. The van der Waals surface area contributed by atoms with Crippen molar-refractivity contribution in [3.8, 4) is 5.75 Å². The number of hydrogen-bond acceptors (Lipinski definition) is 4. The Morgan fingerprint density at radius 2 is 1.77 bits per heavy atom. The van der Waals surface area contributed by atoms with Gasteiger partial charge in [0.1, 0.15) is 5.75 Å². The fraction of sp³-hybridized carbons (Fsp3) is 0.593. The highest BCUT2D eigenvalue weighted by Gasteiger charge is 2.26. The summed E-state index contributed by atoms with van der Waals surface area (Å²) in [6, 6.07) is 13.3. The van der Waals surface area contributed by atoms with Gasteiger partial charge in [-0.3, -0.25) is 9.69 Å². The lowest BCUT2D eigenvalue weighted by Gasteiger charge is -2.30. The van der Waals surface area contributed by atoms with Crippen LogP contribution in [-0.2, 0) is 16.1 Å². The topological polar surface area (TPSA) is 38.8 Å². The number of nitrogens with zero attached hydrogens (tertiary/aromatic N) is 1. The molecule has 2 fully saturated rings. The first-order chi connectivity index (χ1) is 15.1. The number of carbonyl (C=O) groups excluding carboxylic acids is 1. The molecule has 4 rings (SSSR count). The van der Waals surface area contributed by atoms with Crippen LogP contribution in [0.2, 0.25) is 0 Å². The molecule has 2 aromatic rings. The van der Waals surface area contributed by atoms with Gasteiger partial charge in [0.2, 0.25) is 0 Å². The smallest absolute Gasteiger partial charge is 0.309 e. The number of carbonyl (C=O) groups is 1. The summed E-state index contributed by atoms with van der Waals surface area (Å²) >= 11 is 0. The second-order valence-corrected chi connectivity index (χ2v) is 9.33. The average molecular weight is 424 g/mol. The van der Waals surface area contributed by atoms with Gasteiger partial charge >= 0.3 is 5.97 Å². The minimum Gasteiger partial charge on any atom is -0.490 e. The third-order valence-electron chi connectivity index (χ3n) is 7.10. The molecule has 4 nitrogen and oxygen atoms in total. The zero-order valence-electron chi connectivity index (χ0n) is 19.1. The van der Waals surface area contributed by atoms with Crippen molar-refractivity contribution in [2.75, 3.05) is 19.7 Å². The molecule has 2 aliphatic rings. The van der Waals surface area contributed by atoms with E-state index in [9.17, 15) is 4.79 Å². The Morgan fingerprint density at radius 1 is 1.00 bits per heavy atom. The molecule has 0 aromatic heterocycles. The van der Waals surface area contributed by atoms with E-state index < -0.39 is 0 Å². The number of hydrogen-bond donors (Lipinski definition) is 0. The molecule has 0 spiro atoms. The largest absolute Gasteiger partial charge is 0.490 e. The molecule has 31 heavy (non-hydrogen) atoms. The van der Waals surface area contributed by atoms with E-state index in [0.717, 1.165) is 44.1 Å². The minimum absolute atomic E-state index is 0.0238. The maximum atomic E-state index is 11.9. The molecular weight excluding hydrogens is 386 g/mol. The third-order valence-corrected chi connectivity index (χ3v) is 7.10. The van der Waals surface area contributed by atoms with Gasteiger partial charge < -0.3 is 9.47 Å². The molecule has 2 unspecified atom stereocenters. The Hall–Kier alpha value is -2.07. The first kappa shape index (κ1) is 22.1. The molecule has 1 heterocycles. The van der Waals surface area contributed by atoms with E-state index in [1.807, 2.05) is 6.92 Å². The van der Waals surface area contributed by atoms with Crippen LogP contribution in [0.1, 0.15) is 64.4 Å². The Kier molecular flexibility index (Phi) is 7.49. The van der Waals surface area contributed by atoms with Gasteiger partial charge in [-0.2, -0.15) is 0 Å². The maximum Gasteiger partial charge on any atom is 0.309 e. The second kappa shape index (κ2) is 10.5. The maximum absolute atomic E-state index is 11.9. The van der Waals surface area contributed by atoms with E-state index in [1.54, 1.807) is 0 Å². The Bertz CT molecular complexity index is 872. The van der Waals surface area contributed by atoms with E-state index >= 15 is 0 Å². The first-order valence-corrected chi connectivity index (χ1v) is 12.2. The zero-order valence-corrected chi connectivity index (χ0v) is 19.1. The molecule has 4 heteroatoms. The van der Waals surface area contributed by atoms with Crippen LogP contribution in [0.15, 0.2) is 36.4 Å². The lowest BCUT2D eigenvalue weighted by atomic mass is 9.85. The summed E-state index contributed by atoms with van der Waals surface area (Å²) in [7, 11) is 0. The SMILES string of the molecule is CCOC(=O)C1CCN(Cc2ccc3cc(OC4CCCC(CC)C4)ccc3c2)CC1. The van der Waals surface area contributed by atoms with Crippen molar-refractivity contribution in [1.29, 1.82) is 0 Å². The van der Waals surface area contributed by atoms with Crippen LogP contribution in [0.25, 0.3) is 10.8 Å².